The van der Waals surface area contributed by atoms with Crippen molar-refractivity contribution in [1.29, 1.82) is 0 Å². The van der Waals surface area contributed by atoms with Crippen LogP contribution in [0.15, 0.2) is 48.7 Å². The number of methoxy groups -OCH3 is 1. The summed E-state index contributed by atoms with van der Waals surface area (Å²) in [4.78, 5) is 26.5. The number of halogens is 1. The highest BCUT2D eigenvalue weighted by Crippen LogP contribution is 2.51. The number of para-hydroxylation sites is 1. The Balaban J connectivity index is 1.06. The van der Waals surface area contributed by atoms with Crippen LogP contribution in [0.3, 0.4) is 0 Å². The number of rotatable bonds is 8. The van der Waals surface area contributed by atoms with E-state index < -0.39 is 11.8 Å². The summed E-state index contributed by atoms with van der Waals surface area (Å²) in [6.07, 6.45) is 4.84. The third kappa shape index (κ3) is 4.76. The van der Waals surface area contributed by atoms with Gasteiger partial charge in [0.15, 0.2) is 11.5 Å². The molecule has 4 atom stereocenters. The van der Waals surface area contributed by atoms with Gasteiger partial charge in [-0.15, -0.1) is 0 Å². The number of pyridine rings is 1. The molecule has 4 aromatic rings. The van der Waals surface area contributed by atoms with Gasteiger partial charge < -0.3 is 33.5 Å². The SMILES string of the molecule is COc1cc2nc(CN3CCN(c4cccc5c4OC(C)(c4ccc(Cl)cn4)O5)C4CCC43)n(C[C@@H]3CCO3)c2cc1C(=O)O. The highest BCUT2D eigenvalue weighted by Gasteiger charge is 2.47. The summed E-state index contributed by atoms with van der Waals surface area (Å²) in [6, 6.07) is 13.8. The van der Waals surface area contributed by atoms with Gasteiger partial charge >= 0.3 is 5.97 Å². The van der Waals surface area contributed by atoms with Crippen LogP contribution in [0.4, 0.5) is 5.69 Å². The fraction of sp³-hybridized carbons (Fsp3) is 0.424. The van der Waals surface area contributed by atoms with Gasteiger partial charge in [0.25, 0.3) is 5.79 Å². The van der Waals surface area contributed by atoms with Gasteiger partial charge in [-0.3, -0.25) is 9.88 Å². The van der Waals surface area contributed by atoms with Crippen LogP contribution in [0.5, 0.6) is 17.2 Å². The van der Waals surface area contributed by atoms with Crippen molar-refractivity contribution in [1.82, 2.24) is 19.4 Å². The number of nitrogens with zero attached hydrogens (tertiary/aromatic N) is 5. The molecule has 2 aromatic carbocycles. The Bertz CT molecular complexity index is 1790. The van der Waals surface area contributed by atoms with Crippen molar-refractivity contribution in [2.75, 3.05) is 31.7 Å². The maximum atomic E-state index is 12.0. The van der Waals surface area contributed by atoms with Crippen LogP contribution in [0, 0.1) is 0 Å². The normalized spacial score (nSPS) is 25.5. The topological polar surface area (TPSA) is 111 Å². The summed E-state index contributed by atoms with van der Waals surface area (Å²) >= 11 is 6.08. The van der Waals surface area contributed by atoms with Crippen molar-refractivity contribution < 1.29 is 28.8 Å². The number of aromatic nitrogens is 3. The van der Waals surface area contributed by atoms with Gasteiger partial charge in [0, 0.05) is 51.0 Å². The van der Waals surface area contributed by atoms with Gasteiger partial charge in [0.1, 0.15) is 22.8 Å². The molecule has 2 aromatic heterocycles. The Labute approximate surface area is 265 Å². The summed E-state index contributed by atoms with van der Waals surface area (Å²) in [5.41, 5.74) is 3.33. The number of hydrogen-bond acceptors (Lipinski definition) is 9. The predicted molar refractivity (Wildman–Crippen MR) is 166 cm³/mol. The number of carboxylic acids is 1. The predicted octanol–water partition coefficient (Wildman–Crippen LogP) is 5.08. The van der Waals surface area contributed by atoms with E-state index in [2.05, 4.69) is 25.4 Å². The number of hydrogen-bond donors (Lipinski definition) is 1. The monoisotopic (exact) mass is 631 g/mol. The smallest absolute Gasteiger partial charge is 0.339 e. The first-order chi connectivity index (χ1) is 21.8. The van der Waals surface area contributed by atoms with Gasteiger partial charge in [-0.05, 0) is 49.6 Å². The number of aromatic carboxylic acids is 1. The van der Waals surface area contributed by atoms with Crippen LogP contribution in [-0.4, -0.2) is 75.5 Å². The van der Waals surface area contributed by atoms with Gasteiger partial charge in [-0.2, -0.15) is 0 Å². The number of ether oxygens (including phenoxy) is 4. The third-order valence-corrected chi connectivity index (χ3v) is 9.89. The van der Waals surface area contributed by atoms with E-state index in [4.69, 9.17) is 35.5 Å². The Morgan fingerprint density at radius 1 is 1.13 bits per heavy atom. The summed E-state index contributed by atoms with van der Waals surface area (Å²) in [5, 5.41) is 10.4. The van der Waals surface area contributed by atoms with Crippen molar-refractivity contribution in [3.63, 3.8) is 0 Å². The largest absolute Gasteiger partial charge is 0.496 e. The molecule has 45 heavy (non-hydrogen) atoms. The van der Waals surface area contributed by atoms with Crippen molar-refractivity contribution in [3.8, 4) is 17.2 Å². The minimum Gasteiger partial charge on any atom is -0.496 e. The number of anilines is 1. The standard InChI is InChI=1S/C33H34ClN5O6/c1-33(29-9-6-19(34)16-35-29)44-27-5-3-4-25(31(27)45-33)38-12-11-37(23-7-8-24(23)38)18-30-36-22-15-28(42-2)21(32(40)41)14-26(22)39(30)17-20-10-13-43-20/h3-6,9,14-16,20,23-24H,7-8,10-13,17-18H2,1-2H3,(H,40,41)/t20-,23?,24?,33?/m0/s1. The van der Waals surface area contributed by atoms with Crippen LogP contribution in [-0.2, 0) is 23.6 Å². The number of imidazole rings is 1. The summed E-state index contributed by atoms with van der Waals surface area (Å²) in [7, 11) is 1.48. The molecular formula is C33H34ClN5O6. The molecule has 1 N–H and O–H groups in total. The molecule has 234 valence electrons. The Kier molecular flexibility index (Phi) is 6.81. The Morgan fingerprint density at radius 3 is 2.67 bits per heavy atom. The van der Waals surface area contributed by atoms with Crippen LogP contribution >= 0.6 is 11.6 Å². The van der Waals surface area contributed by atoms with Crippen LogP contribution < -0.4 is 19.1 Å². The fourth-order valence-corrected chi connectivity index (χ4v) is 7.19. The first-order valence-corrected chi connectivity index (χ1v) is 15.7. The summed E-state index contributed by atoms with van der Waals surface area (Å²) in [6.45, 7) is 5.59. The lowest BCUT2D eigenvalue weighted by atomic mass is 9.81. The lowest BCUT2D eigenvalue weighted by Gasteiger charge is -2.54. The lowest BCUT2D eigenvalue weighted by molar-refractivity contribution is -0.0717. The van der Waals surface area contributed by atoms with Crippen LogP contribution in [0.1, 0.15) is 48.1 Å². The molecule has 1 aliphatic carbocycles. The quantitative estimate of drug-likeness (QED) is 0.283. The molecule has 1 saturated carbocycles. The second-order valence-electron chi connectivity index (χ2n) is 12.3. The van der Waals surface area contributed by atoms with Gasteiger partial charge in [0.05, 0.1) is 48.0 Å². The van der Waals surface area contributed by atoms with Gasteiger partial charge in [0.2, 0.25) is 0 Å². The van der Waals surface area contributed by atoms with Crippen LogP contribution in [0.2, 0.25) is 5.02 Å². The number of fused-ring (bicyclic) bond motifs is 3. The average molecular weight is 632 g/mol. The van der Waals surface area contributed by atoms with E-state index in [0.29, 0.717) is 47.4 Å². The van der Waals surface area contributed by atoms with E-state index in [0.717, 1.165) is 67.3 Å². The molecule has 2 saturated heterocycles. The molecular weight excluding hydrogens is 598 g/mol. The number of carbonyl (C=O) groups is 1. The molecule has 0 amide bonds. The van der Waals surface area contributed by atoms with Crippen molar-refractivity contribution in [2.45, 2.75) is 63.3 Å². The number of piperazine rings is 1. The van der Waals surface area contributed by atoms with E-state index in [9.17, 15) is 9.90 Å². The average Bonchev–Trinajstić information content (AvgIpc) is 3.51. The molecule has 12 heteroatoms. The molecule has 0 spiro atoms. The maximum absolute atomic E-state index is 12.0. The highest BCUT2D eigenvalue weighted by atomic mass is 35.5. The first kappa shape index (κ1) is 28.4. The highest BCUT2D eigenvalue weighted by molar-refractivity contribution is 6.30. The lowest BCUT2D eigenvalue weighted by Crippen LogP contribution is -2.64. The second kappa shape index (κ2) is 10.8. The second-order valence-corrected chi connectivity index (χ2v) is 12.7. The van der Waals surface area contributed by atoms with Gasteiger partial charge in [-0.1, -0.05) is 17.7 Å². The Morgan fingerprint density at radius 2 is 1.98 bits per heavy atom. The molecule has 11 nitrogen and oxygen atoms in total. The molecule has 0 radical (unpaired) electrons. The van der Waals surface area contributed by atoms with E-state index in [1.165, 1.54) is 7.11 Å². The molecule has 0 bridgehead atoms. The number of benzene rings is 2. The molecule has 3 unspecified atom stereocenters. The molecule has 8 rings (SSSR count). The maximum Gasteiger partial charge on any atom is 0.339 e. The van der Waals surface area contributed by atoms with E-state index in [1.807, 2.05) is 25.1 Å². The first-order valence-electron chi connectivity index (χ1n) is 15.4. The zero-order valence-electron chi connectivity index (χ0n) is 25.1. The van der Waals surface area contributed by atoms with E-state index in [1.54, 1.807) is 24.4 Å². The van der Waals surface area contributed by atoms with Crippen molar-refractivity contribution in [2.24, 2.45) is 0 Å². The molecule has 5 heterocycles. The third-order valence-electron chi connectivity index (χ3n) is 9.66. The zero-order valence-corrected chi connectivity index (χ0v) is 25.9. The van der Waals surface area contributed by atoms with Crippen molar-refractivity contribution in [3.05, 3.63) is 70.8 Å². The zero-order chi connectivity index (χ0) is 30.9. The summed E-state index contributed by atoms with van der Waals surface area (Å²) in [5.74, 6) is 0.587. The number of carboxylic acid groups (broad SMARTS) is 1. The molecule has 3 fully saturated rings. The van der Waals surface area contributed by atoms with Gasteiger partial charge in [-0.25, -0.2) is 9.78 Å². The van der Waals surface area contributed by atoms with E-state index >= 15 is 0 Å². The minimum absolute atomic E-state index is 0.0981. The molecule has 4 aliphatic rings. The summed E-state index contributed by atoms with van der Waals surface area (Å²) < 4.78 is 26.2. The molecule has 3 aliphatic heterocycles. The van der Waals surface area contributed by atoms with Crippen molar-refractivity contribution >= 4 is 34.3 Å². The van der Waals surface area contributed by atoms with E-state index in [-0.39, 0.29) is 11.7 Å². The Hall–Kier alpha value is -4.06. The minimum atomic E-state index is -1.05. The van der Waals surface area contributed by atoms with Crippen LogP contribution in [0.25, 0.3) is 11.0 Å². The fourth-order valence-electron chi connectivity index (χ4n) is 7.08.